The number of rotatable bonds is 4. The molecule has 3 heteroatoms. The minimum Gasteiger partial charge on any atom is -0.382 e. The average Bonchev–Trinajstić information content (AvgIpc) is 1.68. The van der Waals surface area contributed by atoms with Crippen molar-refractivity contribution in [3.05, 3.63) is 0 Å². The van der Waals surface area contributed by atoms with E-state index in [-0.39, 0.29) is 13.2 Å². The first-order valence-corrected chi connectivity index (χ1v) is 2.43. The van der Waals surface area contributed by atoms with Gasteiger partial charge in [0.2, 0.25) is 0 Å². The second-order valence-corrected chi connectivity index (χ2v) is 1.51. The lowest BCUT2D eigenvalue weighted by molar-refractivity contribution is 0.0603. The third-order valence-corrected chi connectivity index (χ3v) is 0.695. The Bertz CT molecular complexity index is 43.7. The lowest BCUT2D eigenvalue weighted by Gasteiger charge is -2.02. The van der Waals surface area contributed by atoms with E-state index in [1.807, 2.05) is 0 Å². The molecule has 0 rings (SSSR count). The van der Waals surface area contributed by atoms with Crippen molar-refractivity contribution in [1.29, 1.82) is 0 Å². The molecular formula is C5H11FO2. The molecule has 0 saturated heterocycles. The van der Waals surface area contributed by atoms with Crippen LogP contribution in [0.5, 0.6) is 0 Å². The number of hydrogen-bond donors (Lipinski definition) is 0. The Morgan fingerprint density at radius 1 is 1.25 bits per heavy atom. The van der Waals surface area contributed by atoms with Crippen LogP contribution in [0.15, 0.2) is 0 Å². The van der Waals surface area contributed by atoms with Gasteiger partial charge in [-0.3, -0.25) is 0 Å². The normalized spacial score (nSPS) is 10.5. The second-order valence-electron chi connectivity index (χ2n) is 1.51. The van der Waals surface area contributed by atoms with Crippen LogP contribution in [0.4, 0.5) is 4.39 Å². The zero-order chi connectivity index (χ0) is 6.41. The van der Waals surface area contributed by atoms with Crippen LogP contribution in [0.2, 0.25) is 0 Å². The molecule has 0 aromatic heterocycles. The van der Waals surface area contributed by atoms with E-state index in [0.29, 0.717) is 0 Å². The first kappa shape index (κ1) is 7.85. The predicted molar refractivity (Wildman–Crippen MR) is 28.6 cm³/mol. The lowest BCUT2D eigenvalue weighted by Crippen LogP contribution is -2.14. The molecule has 0 amide bonds. The number of methoxy groups -OCH3 is 2. The molecule has 0 fully saturated rings. The van der Waals surface area contributed by atoms with Crippen LogP contribution < -0.4 is 0 Å². The van der Waals surface area contributed by atoms with Crippen molar-refractivity contribution in [1.82, 2.24) is 0 Å². The largest absolute Gasteiger partial charge is 0.382 e. The van der Waals surface area contributed by atoms with Gasteiger partial charge >= 0.3 is 0 Å². The van der Waals surface area contributed by atoms with Crippen molar-refractivity contribution in [3.63, 3.8) is 0 Å². The molecule has 0 N–H and O–H groups in total. The molecule has 8 heavy (non-hydrogen) atoms. The molecule has 0 radical (unpaired) electrons. The van der Waals surface area contributed by atoms with E-state index in [9.17, 15) is 4.39 Å². The van der Waals surface area contributed by atoms with Crippen LogP contribution in [0, 0.1) is 0 Å². The zero-order valence-electron chi connectivity index (χ0n) is 5.19. The van der Waals surface area contributed by atoms with Crippen molar-refractivity contribution in [2.24, 2.45) is 0 Å². The standard InChI is InChI=1S/C5H11FO2/c1-7-3-5(6)4-8-2/h5H,3-4H2,1-2H3. The van der Waals surface area contributed by atoms with Crippen molar-refractivity contribution in [3.8, 4) is 0 Å². The molecule has 0 aliphatic rings. The Kier molecular flexibility index (Phi) is 4.90. The van der Waals surface area contributed by atoms with Crippen LogP contribution >= 0.6 is 0 Å². The summed E-state index contributed by atoms with van der Waals surface area (Å²) in [6.07, 6.45) is -0.981. The van der Waals surface area contributed by atoms with E-state index in [2.05, 4.69) is 9.47 Å². The van der Waals surface area contributed by atoms with Crippen LogP contribution in [-0.4, -0.2) is 33.6 Å². The van der Waals surface area contributed by atoms with E-state index in [0.717, 1.165) is 0 Å². The summed E-state index contributed by atoms with van der Waals surface area (Å²) < 4.78 is 21.2. The summed E-state index contributed by atoms with van der Waals surface area (Å²) in [6.45, 7) is 0.238. The summed E-state index contributed by atoms with van der Waals surface area (Å²) >= 11 is 0. The summed E-state index contributed by atoms with van der Waals surface area (Å²) in [7, 11) is 2.92. The number of ether oxygens (including phenoxy) is 2. The van der Waals surface area contributed by atoms with Crippen molar-refractivity contribution >= 4 is 0 Å². The summed E-state index contributed by atoms with van der Waals surface area (Å²) in [6, 6.07) is 0. The highest BCUT2D eigenvalue weighted by Gasteiger charge is 2.02. The van der Waals surface area contributed by atoms with Crippen LogP contribution in [0.25, 0.3) is 0 Å². The van der Waals surface area contributed by atoms with Crippen LogP contribution in [-0.2, 0) is 9.47 Å². The van der Waals surface area contributed by atoms with Crippen LogP contribution in [0.1, 0.15) is 0 Å². The third kappa shape index (κ3) is 4.02. The highest BCUT2D eigenvalue weighted by Crippen LogP contribution is 1.89. The monoisotopic (exact) mass is 122 g/mol. The smallest absolute Gasteiger partial charge is 0.146 e. The molecule has 0 bridgehead atoms. The van der Waals surface area contributed by atoms with Crippen LogP contribution in [0.3, 0.4) is 0 Å². The first-order valence-electron chi connectivity index (χ1n) is 2.43. The predicted octanol–water partition coefficient (Wildman–Crippen LogP) is 0.617. The molecule has 0 spiro atoms. The summed E-state index contributed by atoms with van der Waals surface area (Å²) in [5.41, 5.74) is 0. The Labute approximate surface area is 48.6 Å². The second kappa shape index (κ2) is 5.00. The van der Waals surface area contributed by atoms with Gasteiger partial charge in [0.1, 0.15) is 6.17 Å². The van der Waals surface area contributed by atoms with Gasteiger partial charge < -0.3 is 9.47 Å². The number of halogens is 1. The van der Waals surface area contributed by atoms with Gasteiger partial charge in [-0.25, -0.2) is 4.39 Å². The summed E-state index contributed by atoms with van der Waals surface area (Å²) in [4.78, 5) is 0. The average molecular weight is 122 g/mol. The van der Waals surface area contributed by atoms with E-state index in [1.54, 1.807) is 0 Å². The molecule has 0 aromatic carbocycles. The maximum Gasteiger partial charge on any atom is 0.146 e. The topological polar surface area (TPSA) is 18.5 Å². The third-order valence-electron chi connectivity index (χ3n) is 0.695. The van der Waals surface area contributed by atoms with E-state index in [1.165, 1.54) is 14.2 Å². The maximum absolute atomic E-state index is 12.2. The molecule has 0 saturated carbocycles. The molecular weight excluding hydrogens is 111 g/mol. The molecule has 0 unspecified atom stereocenters. The van der Waals surface area contributed by atoms with E-state index in [4.69, 9.17) is 0 Å². The maximum atomic E-state index is 12.2. The molecule has 2 nitrogen and oxygen atoms in total. The number of hydrogen-bond acceptors (Lipinski definition) is 2. The minimum absolute atomic E-state index is 0.119. The van der Waals surface area contributed by atoms with Crippen molar-refractivity contribution in [2.75, 3.05) is 27.4 Å². The highest BCUT2D eigenvalue weighted by atomic mass is 19.1. The van der Waals surface area contributed by atoms with Gasteiger partial charge in [0.05, 0.1) is 13.2 Å². The molecule has 0 aliphatic heterocycles. The van der Waals surface area contributed by atoms with Crippen molar-refractivity contribution in [2.45, 2.75) is 6.17 Å². The van der Waals surface area contributed by atoms with Gasteiger partial charge in [0.15, 0.2) is 0 Å². The summed E-state index contributed by atoms with van der Waals surface area (Å²) in [5, 5.41) is 0. The van der Waals surface area contributed by atoms with Gasteiger partial charge in [0.25, 0.3) is 0 Å². The molecule has 0 aromatic rings. The van der Waals surface area contributed by atoms with Gasteiger partial charge in [-0.2, -0.15) is 0 Å². The zero-order valence-corrected chi connectivity index (χ0v) is 5.19. The van der Waals surface area contributed by atoms with Gasteiger partial charge in [-0.1, -0.05) is 0 Å². The highest BCUT2D eigenvalue weighted by molar-refractivity contribution is 4.48. The van der Waals surface area contributed by atoms with Crippen molar-refractivity contribution < 1.29 is 13.9 Å². The van der Waals surface area contributed by atoms with Gasteiger partial charge in [0, 0.05) is 14.2 Å². The Balaban J connectivity index is 2.92. The fraction of sp³-hybridized carbons (Fsp3) is 1.00. The molecule has 0 aliphatic carbocycles. The van der Waals surface area contributed by atoms with E-state index >= 15 is 0 Å². The fourth-order valence-corrected chi connectivity index (χ4v) is 0.410. The van der Waals surface area contributed by atoms with Gasteiger partial charge in [-0.15, -0.1) is 0 Å². The molecule has 0 atom stereocenters. The summed E-state index contributed by atoms with van der Waals surface area (Å²) in [5.74, 6) is 0. The lowest BCUT2D eigenvalue weighted by atomic mass is 10.4. The fourth-order valence-electron chi connectivity index (χ4n) is 0.410. The Morgan fingerprint density at radius 2 is 1.62 bits per heavy atom. The molecule has 50 valence electrons. The number of alkyl halides is 1. The van der Waals surface area contributed by atoms with E-state index < -0.39 is 6.17 Å². The minimum atomic E-state index is -0.981. The Hall–Kier alpha value is -0.150. The van der Waals surface area contributed by atoms with Gasteiger partial charge in [-0.05, 0) is 0 Å². The quantitative estimate of drug-likeness (QED) is 0.544. The first-order chi connectivity index (χ1) is 3.81. The SMILES string of the molecule is COCC(F)COC. The Morgan fingerprint density at radius 3 is 1.88 bits per heavy atom. The molecule has 0 heterocycles.